The molecule has 1 aliphatic rings. The van der Waals surface area contributed by atoms with Crippen LogP contribution in [-0.4, -0.2) is 33.6 Å². The van der Waals surface area contributed by atoms with Crippen LogP contribution < -0.4 is 14.4 Å². The Labute approximate surface area is 155 Å². The molecule has 0 amide bonds. The molecule has 140 valence electrons. The second kappa shape index (κ2) is 7.95. The van der Waals surface area contributed by atoms with E-state index in [4.69, 9.17) is 4.74 Å². The molecule has 2 heterocycles. The third kappa shape index (κ3) is 4.27. The summed E-state index contributed by atoms with van der Waals surface area (Å²) in [6.07, 6.45) is 6.62. The fourth-order valence-electron chi connectivity index (χ4n) is 3.15. The molecule has 0 atom stereocenters. The summed E-state index contributed by atoms with van der Waals surface area (Å²) in [5.74, 6) is 0.608. The fourth-order valence-corrected chi connectivity index (χ4v) is 4.41. The number of sulfonamides is 1. The van der Waals surface area contributed by atoms with Crippen LogP contribution in [0.1, 0.15) is 31.2 Å². The summed E-state index contributed by atoms with van der Waals surface area (Å²) in [5.41, 5.74) is 1.87. The molecule has 6 nitrogen and oxygen atoms in total. The van der Waals surface area contributed by atoms with Gasteiger partial charge in [-0.1, -0.05) is 18.9 Å². The van der Waals surface area contributed by atoms with Crippen LogP contribution in [-0.2, 0) is 10.0 Å². The van der Waals surface area contributed by atoms with Crippen molar-refractivity contribution >= 4 is 21.5 Å². The van der Waals surface area contributed by atoms with E-state index in [1.54, 1.807) is 24.4 Å². The minimum absolute atomic E-state index is 0.110. The van der Waals surface area contributed by atoms with E-state index < -0.39 is 10.0 Å². The molecular weight excluding hydrogens is 350 g/mol. The van der Waals surface area contributed by atoms with Gasteiger partial charge < -0.3 is 9.64 Å². The van der Waals surface area contributed by atoms with Crippen molar-refractivity contribution in [2.24, 2.45) is 0 Å². The van der Waals surface area contributed by atoms with Gasteiger partial charge in [-0.05, 0) is 49.6 Å². The van der Waals surface area contributed by atoms with Gasteiger partial charge in [-0.25, -0.2) is 13.4 Å². The third-order valence-electron chi connectivity index (χ3n) is 4.57. The molecule has 26 heavy (non-hydrogen) atoms. The molecular formula is C19H25N3O3S. The number of methoxy groups -OCH3 is 1. The van der Waals surface area contributed by atoms with Crippen molar-refractivity contribution in [1.29, 1.82) is 0 Å². The van der Waals surface area contributed by atoms with E-state index in [9.17, 15) is 8.42 Å². The number of rotatable bonds is 5. The molecule has 1 saturated heterocycles. The van der Waals surface area contributed by atoms with E-state index in [2.05, 4.69) is 14.6 Å². The first kappa shape index (κ1) is 18.5. The highest BCUT2D eigenvalue weighted by molar-refractivity contribution is 7.92. The summed E-state index contributed by atoms with van der Waals surface area (Å²) in [4.78, 5) is 6.72. The van der Waals surface area contributed by atoms with Crippen LogP contribution in [0.4, 0.5) is 11.5 Å². The van der Waals surface area contributed by atoms with E-state index in [0.29, 0.717) is 11.6 Å². The van der Waals surface area contributed by atoms with Crippen LogP contribution in [0.25, 0.3) is 0 Å². The van der Waals surface area contributed by atoms with Crippen LogP contribution >= 0.6 is 0 Å². The Kier molecular flexibility index (Phi) is 5.66. The predicted molar refractivity (Wildman–Crippen MR) is 103 cm³/mol. The van der Waals surface area contributed by atoms with E-state index in [1.165, 1.54) is 32.8 Å². The summed E-state index contributed by atoms with van der Waals surface area (Å²) in [6, 6.07) is 8.68. The number of aryl methyl sites for hydroxylation is 1. The number of pyridine rings is 1. The van der Waals surface area contributed by atoms with Gasteiger partial charge in [0.15, 0.2) is 0 Å². The molecule has 1 aromatic carbocycles. The maximum atomic E-state index is 12.7. The van der Waals surface area contributed by atoms with Crippen molar-refractivity contribution in [3.8, 4) is 5.75 Å². The predicted octanol–water partition coefficient (Wildman–Crippen LogP) is 3.58. The molecule has 1 N–H and O–H groups in total. The zero-order chi connectivity index (χ0) is 18.6. The molecule has 0 aliphatic carbocycles. The summed E-state index contributed by atoms with van der Waals surface area (Å²) in [6.45, 7) is 3.88. The van der Waals surface area contributed by atoms with Gasteiger partial charge in [-0.15, -0.1) is 0 Å². The van der Waals surface area contributed by atoms with E-state index in [0.717, 1.165) is 24.3 Å². The molecule has 0 bridgehead atoms. The SMILES string of the molecule is COc1ccc(C)cc1S(=O)(=O)Nc1ccc(N2CCCCCC2)cn1. The van der Waals surface area contributed by atoms with E-state index in [1.807, 2.05) is 19.1 Å². The molecule has 2 aromatic rings. The zero-order valence-electron chi connectivity index (χ0n) is 15.2. The average molecular weight is 375 g/mol. The van der Waals surface area contributed by atoms with Crippen molar-refractivity contribution in [2.45, 2.75) is 37.5 Å². The maximum absolute atomic E-state index is 12.7. The first-order valence-corrected chi connectivity index (χ1v) is 10.4. The summed E-state index contributed by atoms with van der Waals surface area (Å²) < 4.78 is 33.2. The normalized spacial score (nSPS) is 15.4. The lowest BCUT2D eigenvalue weighted by molar-refractivity contribution is 0.402. The molecule has 0 saturated carbocycles. The fraction of sp³-hybridized carbons (Fsp3) is 0.421. The minimum atomic E-state index is -3.77. The number of anilines is 2. The Morgan fingerprint density at radius 1 is 1.08 bits per heavy atom. The number of nitrogens with one attached hydrogen (secondary N) is 1. The summed E-state index contributed by atoms with van der Waals surface area (Å²) in [5, 5.41) is 0. The first-order chi connectivity index (χ1) is 12.5. The standard InChI is InChI=1S/C19H25N3O3S/c1-15-7-9-17(25-2)18(13-15)26(23,24)21-19-10-8-16(14-20-19)22-11-5-3-4-6-12-22/h7-10,13-14H,3-6,11-12H2,1-2H3,(H,20,21). The number of benzene rings is 1. The Hall–Kier alpha value is -2.28. The second-order valence-electron chi connectivity index (χ2n) is 6.56. The smallest absolute Gasteiger partial charge is 0.266 e. The molecule has 0 radical (unpaired) electrons. The number of ether oxygens (including phenoxy) is 1. The van der Waals surface area contributed by atoms with Gasteiger partial charge in [-0.3, -0.25) is 4.72 Å². The lowest BCUT2D eigenvalue weighted by Crippen LogP contribution is -2.24. The van der Waals surface area contributed by atoms with E-state index >= 15 is 0 Å². The van der Waals surface area contributed by atoms with Gasteiger partial charge in [-0.2, -0.15) is 0 Å². The van der Waals surface area contributed by atoms with Gasteiger partial charge in [0.05, 0.1) is 19.0 Å². The van der Waals surface area contributed by atoms with Crippen LogP contribution in [0.2, 0.25) is 0 Å². The molecule has 1 fully saturated rings. The summed E-state index contributed by atoms with van der Waals surface area (Å²) >= 11 is 0. The quantitative estimate of drug-likeness (QED) is 0.865. The van der Waals surface area contributed by atoms with Gasteiger partial charge in [0, 0.05) is 13.1 Å². The van der Waals surface area contributed by atoms with Crippen LogP contribution in [0.3, 0.4) is 0 Å². The van der Waals surface area contributed by atoms with Crippen molar-refractivity contribution in [2.75, 3.05) is 29.8 Å². The molecule has 3 rings (SSSR count). The van der Waals surface area contributed by atoms with E-state index in [-0.39, 0.29) is 4.90 Å². The lowest BCUT2D eigenvalue weighted by Gasteiger charge is -2.22. The van der Waals surface area contributed by atoms with Gasteiger partial charge >= 0.3 is 0 Å². The molecule has 1 aromatic heterocycles. The van der Waals surface area contributed by atoms with Crippen molar-refractivity contribution in [3.63, 3.8) is 0 Å². The molecule has 0 spiro atoms. The second-order valence-corrected chi connectivity index (χ2v) is 8.21. The Balaban J connectivity index is 1.79. The maximum Gasteiger partial charge on any atom is 0.266 e. The number of aromatic nitrogens is 1. The highest BCUT2D eigenvalue weighted by Crippen LogP contribution is 2.27. The van der Waals surface area contributed by atoms with Crippen molar-refractivity contribution < 1.29 is 13.2 Å². The molecule has 7 heteroatoms. The van der Waals surface area contributed by atoms with Gasteiger partial charge in [0.2, 0.25) is 0 Å². The average Bonchev–Trinajstić information content (AvgIpc) is 2.91. The number of nitrogens with zero attached hydrogens (tertiary/aromatic N) is 2. The lowest BCUT2D eigenvalue weighted by atomic mass is 10.2. The summed E-state index contributed by atoms with van der Waals surface area (Å²) in [7, 11) is -2.32. The van der Waals surface area contributed by atoms with Gasteiger partial charge in [0.1, 0.15) is 16.5 Å². The number of hydrogen-bond acceptors (Lipinski definition) is 5. The monoisotopic (exact) mass is 375 g/mol. The Morgan fingerprint density at radius 3 is 2.42 bits per heavy atom. The number of hydrogen-bond donors (Lipinski definition) is 1. The van der Waals surface area contributed by atoms with Crippen molar-refractivity contribution in [3.05, 3.63) is 42.1 Å². The minimum Gasteiger partial charge on any atom is -0.495 e. The Bertz CT molecular complexity index is 843. The third-order valence-corrected chi connectivity index (χ3v) is 5.94. The molecule has 1 aliphatic heterocycles. The Morgan fingerprint density at radius 2 is 1.81 bits per heavy atom. The van der Waals surface area contributed by atoms with Crippen molar-refractivity contribution in [1.82, 2.24) is 4.98 Å². The topological polar surface area (TPSA) is 71.5 Å². The zero-order valence-corrected chi connectivity index (χ0v) is 16.1. The van der Waals surface area contributed by atoms with Crippen LogP contribution in [0.15, 0.2) is 41.4 Å². The molecule has 0 unspecified atom stereocenters. The highest BCUT2D eigenvalue weighted by Gasteiger charge is 2.20. The van der Waals surface area contributed by atoms with Crippen LogP contribution in [0, 0.1) is 6.92 Å². The van der Waals surface area contributed by atoms with Crippen LogP contribution in [0.5, 0.6) is 5.75 Å². The largest absolute Gasteiger partial charge is 0.495 e. The highest BCUT2D eigenvalue weighted by atomic mass is 32.2. The first-order valence-electron chi connectivity index (χ1n) is 8.88. The van der Waals surface area contributed by atoms with Gasteiger partial charge in [0.25, 0.3) is 10.0 Å².